The van der Waals surface area contributed by atoms with Crippen molar-refractivity contribution in [2.45, 2.75) is 19.9 Å². The minimum absolute atomic E-state index is 0.967. The largest absolute Gasteiger partial charge is 0.367 e. The van der Waals surface area contributed by atoms with E-state index in [1.54, 1.807) is 0 Å². The average Bonchev–Trinajstić information content (AvgIpc) is 2.52. The molecule has 0 aromatic heterocycles. The molecule has 21 heavy (non-hydrogen) atoms. The molecule has 0 radical (unpaired) electrons. The van der Waals surface area contributed by atoms with Crippen molar-refractivity contribution in [1.29, 1.82) is 0 Å². The lowest BCUT2D eigenvalue weighted by Crippen LogP contribution is -2.21. The maximum atomic E-state index is 2.40. The van der Waals surface area contributed by atoms with Gasteiger partial charge in [-0.15, -0.1) is 0 Å². The number of anilines is 1. The highest BCUT2D eigenvalue weighted by atomic mass is 15.1. The molecule has 112 valence electrons. The first-order valence-electron chi connectivity index (χ1n) is 7.71. The highest BCUT2D eigenvalue weighted by molar-refractivity contribution is 5.46. The molecule has 2 aromatic rings. The lowest BCUT2D eigenvalue weighted by atomic mass is 10.1. The van der Waals surface area contributed by atoms with E-state index >= 15 is 0 Å². The van der Waals surface area contributed by atoms with Crippen molar-refractivity contribution in [1.82, 2.24) is 4.90 Å². The Hall–Kier alpha value is -1.80. The molecule has 0 aliphatic carbocycles. The first kappa shape index (κ1) is 15.6. The second-order valence-electron chi connectivity index (χ2n) is 5.72. The maximum absolute atomic E-state index is 2.40. The van der Waals surface area contributed by atoms with Crippen molar-refractivity contribution in [3.05, 3.63) is 65.7 Å². The number of likely N-dealkylation sites (N-methyl/N-ethyl adjacent to an activating group) is 1. The van der Waals surface area contributed by atoms with Crippen LogP contribution in [0.1, 0.15) is 18.1 Å². The summed E-state index contributed by atoms with van der Waals surface area (Å²) in [7, 11) is 4.24. The molecule has 2 aromatic carbocycles. The maximum Gasteiger partial charge on any atom is 0.0429 e. The van der Waals surface area contributed by atoms with Gasteiger partial charge in [0.25, 0.3) is 0 Å². The molecule has 0 atom stereocenters. The Morgan fingerprint density at radius 3 is 2.00 bits per heavy atom. The molecule has 2 heteroatoms. The highest BCUT2D eigenvalue weighted by Gasteiger charge is 2.04. The van der Waals surface area contributed by atoms with Gasteiger partial charge in [-0.25, -0.2) is 0 Å². The fourth-order valence-electron chi connectivity index (χ4n) is 2.41. The summed E-state index contributed by atoms with van der Waals surface area (Å²) < 4.78 is 0. The third-order valence-corrected chi connectivity index (χ3v) is 3.75. The zero-order chi connectivity index (χ0) is 15.1. The number of nitrogens with zero attached hydrogens (tertiary/aromatic N) is 2. The molecule has 2 rings (SSSR count). The van der Waals surface area contributed by atoms with Crippen LogP contribution in [-0.2, 0) is 13.0 Å². The van der Waals surface area contributed by atoms with Crippen LogP contribution in [0.4, 0.5) is 5.69 Å². The Bertz CT molecular complexity index is 517. The van der Waals surface area contributed by atoms with Crippen LogP contribution in [0.2, 0.25) is 0 Å². The molecule has 0 aliphatic rings. The van der Waals surface area contributed by atoms with Gasteiger partial charge in [0.1, 0.15) is 0 Å². The van der Waals surface area contributed by atoms with Crippen molar-refractivity contribution in [3.8, 4) is 0 Å². The first-order chi connectivity index (χ1) is 10.2. The van der Waals surface area contributed by atoms with E-state index in [9.17, 15) is 0 Å². The van der Waals surface area contributed by atoms with Crippen molar-refractivity contribution in [3.63, 3.8) is 0 Å². The van der Waals surface area contributed by atoms with Gasteiger partial charge in [-0.3, -0.25) is 0 Å². The van der Waals surface area contributed by atoms with Gasteiger partial charge in [-0.2, -0.15) is 0 Å². The van der Waals surface area contributed by atoms with E-state index in [0.29, 0.717) is 0 Å². The number of rotatable bonds is 7. The number of para-hydroxylation sites is 1. The predicted molar refractivity (Wildman–Crippen MR) is 91.9 cm³/mol. The van der Waals surface area contributed by atoms with Crippen LogP contribution in [0.25, 0.3) is 0 Å². The smallest absolute Gasteiger partial charge is 0.0429 e. The van der Waals surface area contributed by atoms with Crippen LogP contribution in [0.5, 0.6) is 0 Å². The number of hydrogen-bond donors (Lipinski definition) is 0. The van der Waals surface area contributed by atoms with Crippen molar-refractivity contribution in [2.24, 2.45) is 0 Å². The molecule has 0 spiro atoms. The number of hydrogen-bond acceptors (Lipinski definition) is 2. The zero-order valence-corrected chi connectivity index (χ0v) is 13.4. The van der Waals surface area contributed by atoms with E-state index in [-0.39, 0.29) is 0 Å². The summed E-state index contributed by atoms with van der Waals surface area (Å²) in [5, 5.41) is 0. The quantitative estimate of drug-likeness (QED) is 0.762. The zero-order valence-electron chi connectivity index (χ0n) is 13.4. The van der Waals surface area contributed by atoms with E-state index in [4.69, 9.17) is 0 Å². The van der Waals surface area contributed by atoms with E-state index in [2.05, 4.69) is 85.4 Å². The Labute approximate surface area is 129 Å². The van der Waals surface area contributed by atoms with E-state index < -0.39 is 0 Å². The standard InChI is InChI=1S/C19H26N2/c1-4-21(19-8-6-5-7-9-19)16-18-12-10-17(11-13-18)14-15-20(2)3/h5-13H,4,14-16H2,1-3H3. The normalized spacial score (nSPS) is 10.9. The average molecular weight is 282 g/mol. The fraction of sp³-hybridized carbons (Fsp3) is 0.368. The van der Waals surface area contributed by atoms with Gasteiger partial charge >= 0.3 is 0 Å². The van der Waals surface area contributed by atoms with E-state index in [1.807, 2.05) is 0 Å². The summed E-state index contributed by atoms with van der Waals surface area (Å²) >= 11 is 0. The molecule has 0 amide bonds. The van der Waals surface area contributed by atoms with Crippen LogP contribution >= 0.6 is 0 Å². The molecule has 0 saturated heterocycles. The van der Waals surface area contributed by atoms with Crippen LogP contribution < -0.4 is 4.90 Å². The Morgan fingerprint density at radius 1 is 0.810 bits per heavy atom. The second-order valence-corrected chi connectivity index (χ2v) is 5.72. The highest BCUT2D eigenvalue weighted by Crippen LogP contribution is 2.16. The third-order valence-electron chi connectivity index (χ3n) is 3.75. The molecule has 0 unspecified atom stereocenters. The summed E-state index contributed by atoms with van der Waals surface area (Å²) in [4.78, 5) is 4.62. The first-order valence-corrected chi connectivity index (χ1v) is 7.71. The number of benzene rings is 2. The predicted octanol–water partition coefficient (Wildman–Crippen LogP) is 3.82. The van der Waals surface area contributed by atoms with Gasteiger partial charge in [0.2, 0.25) is 0 Å². The van der Waals surface area contributed by atoms with Crippen LogP contribution in [-0.4, -0.2) is 32.1 Å². The molecule has 0 heterocycles. The lowest BCUT2D eigenvalue weighted by Gasteiger charge is -2.23. The molecule has 0 N–H and O–H groups in total. The van der Waals surface area contributed by atoms with Crippen LogP contribution in [0.3, 0.4) is 0 Å². The second kappa shape index (κ2) is 7.84. The van der Waals surface area contributed by atoms with Crippen LogP contribution in [0, 0.1) is 0 Å². The summed E-state index contributed by atoms with van der Waals surface area (Å²) in [6.45, 7) is 5.30. The fourth-order valence-corrected chi connectivity index (χ4v) is 2.41. The molecule has 0 fully saturated rings. The Balaban J connectivity index is 1.98. The van der Waals surface area contributed by atoms with Crippen molar-refractivity contribution < 1.29 is 0 Å². The molecular weight excluding hydrogens is 256 g/mol. The molecule has 0 aliphatic heterocycles. The van der Waals surface area contributed by atoms with Gasteiger partial charge in [-0.1, -0.05) is 42.5 Å². The Morgan fingerprint density at radius 2 is 1.43 bits per heavy atom. The monoisotopic (exact) mass is 282 g/mol. The van der Waals surface area contributed by atoms with Crippen molar-refractivity contribution >= 4 is 5.69 Å². The Kier molecular flexibility index (Phi) is 5.82. The summed E-state index contributed by atoms with van der Waals surface area (Å²) in [6, 6.07) is 19.7. The summed E-state index contributed by atoms with van der Waals surface area (Å²) in [6.07, 6.45) is 1.11. The summed E-state index contributed by atoms with van der Waals surface area (Å²) in [5.74, 6) is 0. The molecule has 0 bridgehead atoms. The topological polar surface area (TPSA) is 6.48 Å². The minimum atomic E-state index is 0.967. The van der Waals surface area contributed by atoms with E-state index in [1.165, 1.54) is 16.8 Å². The van der Waals surface area contributed by atoms with Gasteiger partial charge in [-0.05, 0) is 50.7 Å². The minimum Gasteiger partial charge on any atom is -0.367 e. The van der Waals surface area contributed by atoms with Crippen molar-refractivity contribution in [2.75, 3.05) is 32.1 Å². The molecule has 0 saturated carbocycles. The van der Waals surface area contributed by atoms with E-state index in [0.717, 1.165) is 26.1 Å². The van der Waals surface area contributed by atoms with Crippen LogP contribution in [0.15, 0.2) is 54.6 Å². The van der Waals surface area contributed by atoms with Gasteiger partial charge in [0.15, 0.2) is 0 Å². The van der Waals surface area contributed by atoms with Gasteiger partial charge in [0, 0.05) is 25.3 Å². The van der Waals surface area contributed by atoms with Gasteiger partial charge in [0.05, 0.1) is 0 Å². The third kappa shape index (κ3) is 4.91. The lowest BCUT2D eigenvalue weighted by molar-refractivity contribution is 0.413. The molecular formula is C19H26N2. The van der Waals surface area contributed by atoms with Gasteiger partial charge < -0.3 is 9.80 Å². The summed E-state index contributed by atoms with van der Waals surface area (Å²) in [5.41, 5.74) is 4.07. The molecule has 2 nitrogen and oxygen atoms in total. The SMILES string of the molecule is CCN(Cc1ccc(CCN(C)C)cc1)c1ccccc1.